The summed E-state index contributed by atoms with van der Waals surface area (Å²) in [6, 6.07) is 3.54. The Morgan fingerprint density at radius 3 is 2.90 bits per heavy atom. The highest BCUT2D eigenvalue weighted by Gasteiger charge is 2.10. The van der Waals surface area contributed by atoms with E-state index in [2.05, 4.69) is 20.3 Å². The van der Waals surface area contributed by atoms with Crippen LogP contribution in [-0.2, 0) is 0 Å². The molecule has 0 unspecified atom stereocenters. The van der Waals surface area contributed by atoms with Crippen LogP contribution in [0.15, 0.2) is 42.4 Å². The number of hydrogen-bond donors (Lipinski definition) is 2. The van der Waals surface area contributed by atoms with Crippen molar-refractivity contribution < 1.29 is 4.79 Å². The first-order valence-corrected chi connectivity index (χ1v) is 6.57. The number of rotatable bonds is 3. The van der Waals surface area contributed by atoms with Crippen LogP contribution in [0.5, 0.6) is 0 Å². The first-order chi connectivity index (χ1) is 9.72. The third-order valence-electron chi connectivity index (χ3n) is 2.53. The summed E-state index contributed by atoms with van der Waals surface area (Å²) in [5.74, 6) is 0.411. The fourth-order valence-electron chi connectivity index (χ4n) is 1.59. The Bertz CT molecular complexity index is 719. The van der Waals surface area contributed by atoms with E-state index in [1.165, 1.54) is 11.3 Å². The van der Waals surface area contributed by atoms with Gasteiger partial charge in [0.1, 0.15) is 17.8 Å². The van der Waals surface area contributed by atoms with Crippen molar-refractivity contribution in [1.82, 2.24) is 19.5 Å². The van der Waals surface area contributed by atoms with Crippen molar-refractivity contribution in [2.24, 2.45) is 0 Å². The van der Waals surface area contributed by atoms with Crippen LogP contribution in [0, 0.1) is 0 Å². The molecule has 3 N–H and O–H groups in total. The van der Waals surface area contributed by atoms with Crippen molar-refractivity contribution in [3.05, 3.63) is 48.1 Å². The van der Waals surface area contributed by atoms with E-state index in [0.717, 1.165) is 5.82 Å². The van der Waals surface area contributed by atoms with Crippen LogP contribution >= 0.6 is 11.3 Å². The molecule has 0 spiro atoms. The summed E-state index contributed by atoms with van der Waals surface area (Å²) in [5.41, 5.74) is 6.38. The van der Waals surface area contributed by atoms with Gasteiger partial charge in [-0.15, -0.1) is 11.3 Å². The number of nitrogen functional groups attached to an aromatic ring is 1. The molecule has 8 heteroatoms. The number of carbonyl (C=O) groups excluding carboxylic acids is 1. The standard InChI is InChI=1S/C12H10N6OS/c13-12-17-9(6-20-12)11(19)16-8-1-2-10(15-5-8)18-4-3-14-7-18/h1-7H,(H2,13,17)(H,16,19). The van der Waals surface area contributed by atoms with E-state index >= 15 is 0 Å². The monoisotopic (exact) mass is 286 g/mol. The molecule has 1 amide bonds. The van der Waals surface area contributed by atoms with Gasteiger partial charge in [-0.05, 0) is 12.1 Å². The van der Waals surface area contributed by atoms with Gasteiger partial charge in [0.05, 0.1) is 11.9 Å². The SMILES string of the molecule is Nc1nc(C(=O)Nc2ccc(-n3ccnc3)nc2)cs1. The Hall–Kier alpha value is -2.74. The molecule has 0 saturated carbocycles. The highest BCUT2D eigenvalue weighted by molar-refractivity contribution is 7.13. The summed E-state index contributed by atoms with van der Waals surface area (Å²) in [6.07, 6.45) is 6.68. The number of nitrogens with two attached hydrogens (primary N) is 1. The number of imidazole rings is 1. The fraction of sp³-hybridized carbons (Fsp3) is 0. The van der Waals surface area contributed by atoms with Crippen molar-refractivity contribution in [3.63, 3.8) is 0 Å². The van der Waals surface area contributed by atoms with Gasteiger partial charge in [-0.2, -0.15) is 0 Å². The smallest absolute Gasteiger partial charge is 0.275 e. The summed E-state index contributed by atoms with van der Waals surface area (Å²) in [5, 5.41) is 4.68. The third kappa shape index (κ3) is 2.50. The molecule has 0 atom stereocenters. The van der Waals surface area contributed by atoms with E-state index in [1.807, 2.05) is 0 Å². The number of pyridine rings is 1. The van der Waals surface area contributed by atoms with Gasteiger partial charge in [-0.3, -0.25) is 9.36 Å². The van der Waals surface area contributed by atoms with E-state index in [9.17, 15) is 4.79 Å². The molecule has 0 radical (unpaired) electrons. The number of amides is 1. The number of anilines is 2. The molecule has 100 valence electrons. The number of hydrogen-bond acceptors (Lipinski definition) is 6. The summed E-state index contributed by atoms with van der Waals surface area (Å²) in [7, 11) is 0. The zero-order chi connectivity index (χ0) is 13.9. The molecular formula is C12H10N6OS. The molecule has 0 aliphatic rings. The van der Waals surface area contributed by atoms with Gasteiger partial charge in [0.15, 0.2) is 5.13 Å². The highest BCUT2D eigenvalue weighted by atomic mass is 32.1. The van der Waals surface area contributed by atoms with Crippen molar-refractivity contribution in [1.29, 1.82) is 0 Å². The van der Waals surface area contributed by atoms with Crippen LogP contribution in [0.25, 0.3) is 5.82 Å². The fourth-order valence-corrected chi connectivity index (χ4v) is 2.14. The largest absolute Gasteiger partial charge is 0.375 e. The molecule has 0 aromatic carbocycles. The van der Waals surface area contributed by atoms with Crippen LogP contribution < -0.4 is 11.1 Å². The number of carbonyl (C=O) groups is 1. The van der Waals surface area contributed by atoms with Gasteiger partial charge in [-0.25, -0.2) is 15.0 Å². The van der Waals surface area contributed by atoms with Crippen LogP contribution in [0.4, 0.5) is 10.8 Å². The quantitative estimate of drug-likeness (QED) is 0.761. The molecule has 20 heavy (non-hydrogen) atoms. The molecule has 0 fully saturated rings. The van der Waals surface area contributed by atoms with Crippen LogP contribution in [0.1, 0.15) is 10.5 Å². The Morgan fingerprint density at radius 2 is 2.30 bits per heavy atom. The second-order valence-corrected chi connectivity index (χ2v) is 4.79. The van der Waals surface area contributed by atoms with Crippen molar-refractivity contribution in [2.45, 2.75) is 0 Å². The molecule has 3 rings (SSSR count). The van der Waals surface area contributed by atoms with Crippen LogP contribution in [-0.4, -0.2) is 25.4 Å². The topological polar surface area (TPSA) is 98.7 Å². The van der Waals surface area contributed by atoms with Gasteiger partial charge in [0.2, 0.25) is 0 Å². The average molecular weight is 286 g/mol. The Morgan fingerprint density at radius 1 is 1.40 bits per heavy atom. The lowest BCUT2D eigenvalue weighted by Crippen LogP contribution is -2.12. The predicted octanol–water partition coefficient (Wildman–Crippen LogP) is 1.56. The van der Waals surface area contributed by atoms with Crippen molar-refractivity contribution in [3.8, 4) is 5.82 Å². The maximum atomic E-state index is 11.9. The maximum absolute atomic E-state index is 11.9. The van der Waals surface area contributed by atoms with E-state index in [-0.39, 0.29) is 5.91 Å². The van der Waals surface area contributed by atoms with Gasteiger partial charge >= 0.3 is 0 Å². The second kappa shape index (κ2) is 5.10. The van der Waals surface area contributed by atoms with E-state index < -0.39 is 0 Å². The van der Waals surface area contributed by atoms with Crippen LogP contribution in [0.3, 0.4) is 0 Å². The molecule has 0 saturated heterocycles. The molecule has 3 aromatic rings. The minimum absolute atomic E-state index is 0.297. The number of nitrogens with one attached hydrogen (secondary N) is 1. The lowest BCUT2D eigenvalue weighted by atomic mass is 10.3. The molecular weight excluding hydrogens is 276 g/mol. The average Bonchev–Trinajstić information content (AvgIpc) is 3.10. The van der Waals surface area contributed by atoms with E-state index in [4.69, 9.17) is 5.73 Å². The first-order valence-electron chi connectivity index (χ1n) is 5.69. The Labute approximate surface area is 118 Å². The van der Waals surface area contributed by atoms with Gasteiger partial charge in [-0.1, -0.05) is 0 Å². The molecule has 3 aromatic heterocycles. The van der Waals surface area contributed by atoms with E-state index in [1.54, 1.807) is 47.0 Å². The summed E-state index contributed by atoms with van der Waals surface area (Å²) in [4.78, 5) is 24.0. The van der Waals surface area contributed by atoms with Crippen molar-refractivity contribution >= 4 is 28.1 Å². The highest BCUT2D eigenvalue weighted by Crippen LogP contribution is 2.14. The number of thiazole rings is 1. The number of aromatic nitrogens is 4. The summed E-state index contributed by atoms with van der Waals surface area (Å²) >= 11 is 1.22. The molecule has 0 bridgehead atoms. The minimum Gasteiger partial charge on any atom is -0.375 e. The van der Waals surface area contributed by atoms with Gasteiger partial charge in [0.25, 0.3) is 5.91 Å². The zero-order valence-electron chi connectivity index (χ0n) is 10.2. The van der Waals surface area contributed by atoms with Crippen LogP contribution in [0.2, 0.25) is 0 Å². The zero-order valence-corrected chi connectivity index (χ0v) is 11.0. The molecule has 7 nitrogen and oxygen atoms in total. The number of nitrogens with zero attached hydrogens (tertiary/aromatic N) is 4. The third-order valence-corrected chi connectivity index (χ3v) is 3.20. The van der Waals surface area contributed by atoms with Gasteiger partial charge in [0, 0.05) is 17.8 Å². The summed E-state index contributed by atoms with van der Waals surface area (Å²) in [6.45, 7) is 0. The second-order valence-electron chi connectivity index (χ2n) is 3.90. The maximum Gasteiger partial charge on any atom is 0.275 e. The first kappa shape index (κ1) is 12.3. The molecule has 3 heterocycles. The molecule has 0 aliphatic carbocycles. The summed E-state index contributed by atoms with van der Waals surface area (Å²) < 4.78 is 1.77. The van der Waals surface area contributed by atoms with E-state index in [0.29, 0.717) is 16.5 Å². The predicted molar refractivity (Wildman–Crippen MR) is 75.8 cm³/mol. The van der Waals surface area contributed by atoms with Gasteiger partial charge < -0.3 is 11.1 Å². The minimum atomic E-state index is -0.310. The Kier molecular flexibility index (Phi) is 3.13. The van der Waals surface area contributed by atoms with Crippen molar-refractivity contribution in [2.75, 3.05) is 11.1 Å². The lowest BCUT2D eigenvalue weighted by Gasteiger charge is -2.04. The molecule has 0 aliphatic heterocycles. The normalized spacial score (nSPS) is 10.4. The lowest BCUT2D eigenvalue weighted by molar-refractivity contribution is 0.102. The Balaban J connectivity index is 1.74.